The van der Waals surface area contributed by atoms with Crippen molar-refractivity contribution in [1.82, 2.24) is 4.72 Å². The molecule has 0 aliphatic heterocycles. The highest BCUT2D eigenvalue weighted by Crippen LogP contribution is 2.22. The van der Waals surface area contributed by atoms with Crippen LogP contribution in [0.4, 0.5) is 0 Å². The molecule has 0 aliphatic carbocycles. The van der Waals surface area contributed by atoms with Crippen LogP contribution in [0.15, 0.2) is 29.2 Å². The lowest BCUT2D eigenvalue weighted by atomic mass is 9.88. The van der Waals surface area contributed by atoms with Crippen molar-refractivity contribution >= 4 is 27.6 Å². The van der Waals surface area contributed by atoms with Gasteiger partial charge in [-0.2, -0.15) is 4.72 Å². The molecule has 1 atom stereocenters. The zero-order valence-corrected chi connectivity index (χ0v) is 12.4. The van der Waals surface area contributed by atoms with Gasteiger partial charge in [0.1, 0.15) is 6.04 Å². The van der Waals surface area contributed by atoms with E-state index in [2.05, 4.69) is 4.72 Å². The topological polar surface area (TPSA) is 83.5 Å². The van der Waals surface area contributed by atoms with E-state index in [0.717, 1.165) is 0 Å². The normalized spacial score (nSPS) is 14.1. The molecule has 7 heteroatoms. The van der Waals surface area contributed by atoms with Crippen molar-refractivity contribution in [2.24, 2.45) is 5.41 Å². The van der Waals surface area contributed by atoms with Crippen LogP contribution in [0.1, 0.15) is 20.8 Å². The number of hydrogen-bond donors (Lipinski definition) is 2. The Morgan fingerprint density at radius 3 is 2.37 bits per heavy atom. The number of carboxylic acid groups (broad SMARTS) is 1. The van der Waals surface area contributed by atoms with Crippen molar-refractivity contribution < 1.29 is 18.3 Å². The smallest absolute Gasteiger partial charge is 0.322 e. The standard InChI is InChI=1S/C12H16ClNO4S/c1-12(2,3)10(11(15)16)14-19(17,18)9-6-4-5-8(13)7-9/h4-7,10,14H,1-3H3,(H,15,16). The quantitative estimate of drug-likeness (QED) is 0.892. The summed E-state index contributed by atoms with van der Waals surface area (Å²) in [6.45, 7) is 4.94. The van der Waals surface area contributed by atoms with Crippen molar-refractivity contribution in [2.75, 3.05) is 0 Å². The zero-order chi connectivity index (χ0) is 14.8. The average Bonchev–Trinajstić information content (AvgIpc) is 2.24. The SMILES string of the molecule is CC(C)(C)C(NS(=O)(=O)c1cccc(Cl)c1)C(=O)O. The molecule has 0 saturated carbocycles. The van der Waals surface area contributed by atoms with Gasteiger partial charge in [-0.1, -0.05) is 38.4 Å². The lowest BCUT2D eigenvalue weighted by Gasteiger charge is -2.27. The highest BCUT2D eigenvalue weighted by Gasteiger charge is 2.35. The Balaban J connectivity index is 3.12. The minimum Gasteiger partial charge on any atom is -0.480 e. The number of benzene rings is 1. The Kier molecular flexibility index (Phi) is 4.60. The summed E-state index contributed by atoms with van der Waals surface area (Å²) < 4.78 is 26.4. The van der Waals surface area contributed by atoms with E-state index in [1.54, 1.807) is 26.8 Å². The van der Waals surface area contributed by atoms with Gasteiger partial charge in [0.05, 0.1) is 4.90 Å². The van der Waals surface area contributed by atoms with Gasteiger partial charge in [0, 0.05) is 5.02 Å². The fraction of sp³-hybridized carbons (Fsp3) is 0.417. The minimum atomic E-state index is -3.93. The number of halogens is 1. The van der Waals surface area contributed by atoms with Gasteiger partial charge in [-0.3, -0.25) is 4.79 Å². The summed E-state index contributed by atoms with van der Waals surface area (Å²) in [6, 6.07) is 4.43. The van der Waals surface area contributed by atoms with E-state index in [0.29, 0.717) is 0 Å². The lowest BCUT2D eigenvalue weighted by molar-refractivity contribution is -0.141. The maximum Gasteiger partial charge on any atom is 0.322 e. The van der Waals surface area contributed by atoms with Crippen molar-refractivity contribution in [2.45, 2.75) is 31.7 Å². The highest BCUT2D eigenvalue weighted by atomic mass is 35.5. The van der Waals surface area contributed by atoms with E-state index in [1.165, 1.54) is 18.2 Å². The van der Waals surface area contributed by atoms with Crippen LogP contribution in [-0.4, -0.2) is 25.5 Å². The molecule has 0 radical (unpaired) electrons. The summed E-state index contributed by atoms with van der Waals surface area (Å²) in [7, 11) is -3.93. The molecule has 1 aromatic rings. The van der Waals surface area contributed by atoms with Crippen LogP contribution < -0.4 is 4.72 Å². The number of nitrogens with one attached hydrogen (secondary N) is 1. The highest BCUT2D eigenvalue weighted by molar-refractivity contribution is 7.89. The van der Waals surface area contributed by atoms with E-state index < -0.39 is 27.4 Å². The van der Waals surface area contributed by atoms with Crippen molar-refractivity contribution in [3.8, 4) is 0 Å². The third-order valence-electron chi connectivity index (χ3n) is 2.49. The summed E-state index contributed by atoms with van der Waals surface area (Å²) in [5.41, 5.74) is -0.753. The summed E-state index contributed by atoms with van der Waals surface area (Å²) in [6.07, 6.45) is 0. The monoisotopic (exact) mass is 305 g/mol. The molecule has 0 heterocycles. The minimum absolute atomic E-state index is 0.0597. The first-order chi connectivity index (χ1) is 8.54. The molecule has 1 rings (SSSR count). The molecular weight excluding hydrogens is 290 g/mol. The van der Waals surface area contributed by atoms with Crippen LogP contribution in [0.3, 0.4) is 0 Å². The van der Waals surface area contributed by atoms with Crippen molar-refractivity contribution in [1.29, 1.82) is 0 Å². The van der Waals surface area contributed by atoms with Crippen molar-refractivity contribution in [3.63, 3.8) is 0 Å². The van der Waals surface area contributed by atoms with Gasteiger partial charge in [-0.05, 0) is 23.6 Å². The number of hydrogen-bond acceptors (Lipinski definition) is 3. The van der Waals surface area contributed by atoms with Crippen molar-refractivity contribution in [3.05, 3.63) is 29.3 Å². The fourth-order valence-corrected chi connectivity index (χ4v) is 3.15. The van der Waals surface area contributed by atoms with Crippen LogP contribution in [0, 0.1) is 5.41 Å². The molecule has 1 unspecified atom stereocenters. The van der Waals surface area contributed by atoms with Crippen LogP contribution in [-0.2, 0) is 14.8 Å². The maximum absolute atomic E-state index is 12.1. The van der Waals surface area contributed by atoms with Gasteiger partial charge in [0.2, 0.25) is 10.0 Å². The zero-order valence-electron chi connectivity index (χ0n) is 10.8. The van der Waals surface area contributed by atoms with Gasteiger partial charge < -0.3 is 5.11 Å². The molecule has 0 aromatic heterocycles. The van der Waals surface area contributed by atoms with E-state index in [4.69, 9.17) is 16.7 Å². The Hall–Kier alpha value is -1.11. The Morgan fingerprint density at radius 1 is 1.37 bits per heavy atom. The van der Waals surface area contributed by atoms with Gasteiger partial charge >= 0.3 is 5.97 Å². The molecule has 2 N–H and O–H groups in total. The molecular formula is C12H16ClNO4S. The van der Waals surface area contributed by atoms with E-state index in [9.17, 15) is 13.2 Å². The summed E-state index contributed by atoms with van der Waals surface area (Å²) >= 11 is 5.73. The Labute approximate surface area is 117 Å². The molecule has 106 valence electrons. The van der Waals surface area contributed by atoms with E-state index in [1.807, 2.05) is 0 Å². The van der Waals surface area contributed by atoms with Gasteiger partial charge in [0.15, 0.2) is 0 Å². The summed E-state index contributed by atoms with van der Waals surface area (Å²) in [5, 5.41) is 9.39. The molecule has 0 fully saturated rings. The predicted octanol–water partition coefficient (Wildman–Crippen LogP) is 2.12. The molecule has 0 saturated heterocycles. The van der Waals surface area contributed by atoms with Crippen LogP contribution in [0.2, 0.25) is 5.02 Å². The van der Waals surface area contributed by atoms with Crippen LogP contribution >= 0.6 is 11.6 Å². The molecule has 19 heavy (non-hydrogen) atoms. The first kappa shape index (κ1) is 15.9. The number of aliphatic carboxylic acids is 1. The third kappa shape index (κ3) is 4.19. The maximum atomic E-state index is 12.1. The Bertz CT molecular complexity index is 578. The Morgan fingerprint density at radius 2 is 1.95 bits per heavy atom. The summed E-state index contributed by atoms with van der Waals surface area (Å²) in [4.78, 5) is 11.1. The molecule has 0 spiro atoms. The van der Waals surface area contributed by atoms with Gasteiger partial charge in [0.25, 0.3) is 0 Å². The molecule has 0 bridgehead atoms. The summed E-state index contributed by atoms with van der Waals surface area (Å²) in [5.74, 6) is -1.22. The van der Waals surface area contributed by atoms with Crippen LogP contribution in [0.5, 0.6) is 0 Å². The average molecular weight is 306 g/mol. The second-order valence-corrected chi connectivity index (χ2v) is 7.37. The predicted molar refractivity (Wildman–Crippen MR) is 72.7 cm³/mol. The second-order valence-electron chi connectivity index (χ2n) is 5.22. The van der Waals surface area contributed by atoms with Gasteiger partial charge in [-0.25, -0.2) is 8.42 Å². The number of sulfonamides is 1. The second kappa shape index (κ2) is 5.48. The van der Waals surface area contributed by atoms with E-state index >= 15 is 0 Å². The number of carbonyl (C=O) groups is 1. The van der Waals surface area contributed by atoms with Crippen LogP contribution in [0.25, 0.3) is 0 Å². The number of rotatable bonds is 4. The first-order valence-corrected chi connectivity index (χ1v) is 7.41. The van der Waals surface area contributed by atoms with Gasteiger partial charge in [-0.15, -0.1) is 0 Å². The first-order valence-electron chi connectivity index (χ1n) is 5.55. The lowest BCUT2D eigenvalue weighted by Crippen LogP contribution is -2.48. The molecule has 5 nitrogen and oxygen atoms in total. The number of carboxylic acids is 1. The third-order valence-corrected chi connectivity index (χ3v) is 4.15. The molecule has 0 amide bonds. The van der Waals surface area contributed by atoms with E-state index in [-0.39, 0.29) is 9.92 Å². The largest absolute Gasteiger partial charge is 0.480 e. The fourth-order valence-electron chi connectivity index (χ4n) is 1.45. The molecule has 0 aliphatic rings. The molecule has 1 aromatic carbocycles.